The minimum absolute atomic E-state index is 0. The number of rotatable bonds is 7. The number of aryl methyl sites for hydroxylation is 2. The predicted molar refractivity (Wildman–Crippen MR) is 145 cm³/mol. The molecule has 0 bridgehead atoms. The topological polar surface area (TPSA) is 82.9 Å². The van der Waals surface area contributed by atoms with Crippen LogP contribution >= 0.6 is 24.0 Å². The molecule has 0 aliphatic rings. The molecule has 4 rings (SSSR count). The van der Waals surface area contributed by atoms with Crippen LogP contribution in [0.15, 0.2) is 59.7 Å². The second kappa shape index (κ2) is 11.3. The third-order valence-electron chi connectivity index (χ3n) is 5.90. The van der Waals surface area contributed by atoms with Crippen LogP contribution in [0, 0.1) is 13.8 Å². The van der Waals surface area contributed by atoms with E-state index in [1.165, 1.54) is 27.6 Å². The van der Waals surface area contributed by atoms with Gasteiger partial charge in [0.2, 0.25) is 0 Å². The van der Waals surface area contributed by atoms with Crippen molar-refractivity contribution >= 4 is 40.8 Å². The van der Waals surface area contributed by atoms with E-state index in [-0.39, 0.29) is 30.0 Å². The highest BCUT2D eigenvalue weighted by molar-refractivity contribution is 14.0. The molecule has 0 aliphatic heterocycles. The molecule has 33 heavy (non-hydrogen) atoms. The molecule has 2 aromatic carbocycles. The maximum Gasteiger partial charge on any atom is 0.192 e. The van der Waals surface area contributed by atoms with E-state index in [1.807, 2.05) is 24.6 Å². The Bertz CT molecular complexity index is 1210. The number of aromatic nitrogens is 4. The highest BCUT2D eigenvalue weighted by atomic mass is 127. The van der Waals surface area contributed by atoms with Gasteiger partial charge in [-0.05, 0) is 49.9 Å². The fourth-order valence-corrected chi connectivity index (χ4v) is 3.89. The van der Waals surface area contributed by atoms with Crippen molar-refractivity contribution in [3.8, 4) is 0 Å². The van der Waals surface area contributed by atoms with Crippen molar-refractivity contribution in [2.45, 2.75) is 39.8 Å². The summed E-state index contributed by atoms with van der Waals surface area (Å²) in [5.41, 5.74) is 5.00. The Hall–Kier alpha value is -2.88. The lowest BCUT2D eigenvalue weighted by atomic mass is 10.1. The van der Waals surface area contributed by atoms with Crippen molar-refractivity contribution in [1.29, 1.82) is 0 Å². The Balaban J connectivity index is 0.00000306. The van der Waals surface area contributed by atoms with Crippen LogP contribution in [0.1, 0.15) is 41.3 Å². The number of hydrogen-bond acceptors (Lipinski definition) is 3. The maximum absolute atomic E-state index is 4.80. The molecule has 0 radical (unpaired) electrons. The lowest BCUT2D eigenvalue weighted by Gasteiger charge is -2.19. The summed E-state index contributed by atoms with van der Waals surface area (Å²) in [7, 11) is 1.96. The van der Waals surface area contributed by atoms with Crippen LogP contribution in [0.3, 0.4) is 0 Å². The molecular formula is C25H32IN7. The second-order valence-electron chi connectivity index (χ2n) is 8.15. The largest absolute Gasteiger partial charge is 0.361 e. The molecule has 7 nitrogen and oxygen atoms in total. The van der Waals surface area contributed by atoms with Crippen molar-refractivity contribution < 1.29 is 0 Å². The summed E-state index contributed by atoms with van der Waals surface area (Å²) in [4.78, 5) is 8.18. The predicted octanol–water partition coefficient (Wildman–Crippen LogP) is 4.57. The average molecular weight is 557 g/mol. The molecule has 0 amide bonds. The van der Waals surface area contributed by atoms with Gasteiger partial charge < -0.3 is 20.2 Å². The van der Waals surface area contributed by atoms with Gasteiger partial charge in [0, 0.05) is 30.7 Å². The summed E-state index contributed by atoms with van der Waals surface area (Å²) < 4.78 is 1.97. The minimum atomic E-state index is 0. The van der Waals surface area contributed by atoms with Crippen molar-refractivity contribution in [3.63, 3.8) is 0 Å². The van der Waals surface area contributed by atoms with E-state index in [0.29, 0.717) is 6.54 Å². The number of aliphatic imine (C=N–C) groups is 1. The Kier molecular flexibility index (Phi) is 8.49. The molecule has 174 valence electrons. The average Bonchev–Trinajstić information content (AvgIpc) is 3.36. The quantitative estimate of drug-likeness (QED) is 0.177. The first-order valence-electron chi connectivity index (χ1n) is 11.0. The Morgan fingerprint density at radius 2 is 1.88 bits per heavy atom. The normalized spacial score (nSPS) is 12.4. The monoisotopic (exact) mass is 557 g/mol. The third-order valence-corrected chi connectivity index (χ3v) is 5.90. The van der Waals surface area contributed by atoms with Crippen molar-refractivity contribution in [2.24, 2.45) is 12.0 Å². The van der Waals surface area contributed by atoms with Crippen LogP contribution in [0.5, 0.6) is 0 Å². The number of aromatic amines is 1. The summed E-state index contributed by atoms with van der Waals surface area (Å²) in [6, 6.07) is 16.9. The molecule has 0 aliphatic carbocycles. The first-order chi connectivity index (χ1) is 15.5. The smallest absolute Gasteiger partial charge is 0.192 e. The molecule has 0 spiro atoms. The van der Waals surface area contributed by atoms with Crippen LogP contribution < -0.4 is 10.6 Å². The van der Waals surface area contributed by atoms with E-state index < -0.39 is 0 Å². The van der Waals surface area contributed by atoms with Gasteiger partial charge in [-0.2, -0.15) is 0 Å². The molecule has 1 unspecified atom stereocenters. The van der Waals surface area contributed by atoms with E-state index in [4.69, 9.17) is 4.99 Å². The van der Waals surface area contributed by atoms with E-state index in [9.17, 15) is 0 Å². The zero-order valence-electron chi connectivity index (χ0n) is 19.6. The summed E-state index contributed by atoms with van der Waals surface area (Å²) >= 11 is 0. The maximum atomic E-state index is 4.80. The summed E-state index contributed by atoms with van der Waals surface area (Å²) in [6.07, 6.45) is 3.01. The van der Waals surface area contributed by atoms with Crippen molar-refractivity contribution in [3.05, 3.63) is 83.1 Å². The van der Waals surface area contributed by atoms with E-state index in [1.54, 1.807) is 0 Å². The summed E-state index contributed by atoms with van der Waals surface area (Å²) in [5, 5.41) is 16.7. The Morgan fingerprint density at radius 1 is 1.09 bits per heavy atom. The molecular weight excluding hydrogens is 525 g/mol. The van der Waals surface area contributed by atoms with Gasteiger partial charge in [-0.25, -0.2) is 4.99 Å². The fourth-order valence-electron chi connectivity index (χ4n) is 3.89. The Morgan fingerprint density at radius 3 is 2.61 bits per heavy atom. The molecule has 2 aromatic heterocycles. The summed E-state index contributed by atoms with van der Waals surface area (Å²) in [6.45, 7) is 7.47. The van der Waals surface area contributed by atoms with Gasteiger partial charge in [0.15, 0.2) is 11.8 Å². The highest BCUT2D eigenvalue weighted by Crippen LogP contribution is 2.22. The van der Waals surface area contributed by atoms with E-state index in [2.05, 4.69) is 88.3 Å². The third kappa shape index (κ3) is 5.93. The number of nitrogens with zero attached hydrogens (tertiary/aromatic N) is 4. The highest BCUT2D eigenvalue weighted by Gasteiger charge is 2.11. The fraction of sp³-hybridized carbons (Fsp3) is 0.320. The lowest BCUT2D eigenvalue weighted by molar-refractivity contribution is 0.675. The first kappa shape index (κ1) is 24.8. The standard InChI is InChI=1S/C25H31N7.HI/c1-17-9-8-12-22-24(17)21(15-27-22)13-14-26-25(28-16-23-31-30-19(3)32(23)4)29-18(2)20-10-6-5-7-11-20;/h5-12,15,18,27H,13-14,16H2,1-4H3,(H2,26,28,29);1H. The van der Waals surface area contributed by atoms with E-state index >= 15 is 0 Å². The number of halogens is 1. The minimum Gasteiger partial charge on any atom is -0.361 e. The molecule has 8 heteroatoms. The zero-order valence-corrected chi connectivity index (χ0v) is 21.9. The van der Waals surface area contributed by atoms with E-state index in [0.717, 1.165) is 30.6 Å². The van der Waals surface area contributed by atoms with Crippen molar-refractivity contribution in [2.75, 3.05) is 6.54 Å². The summed E-state index contributed by atoms with van der Waals surface area (Å²) in [5.74, 6) is 2.48. The van der Waals surface area contributed by atoms with Gasteiger partial charge in [-0.3, -0.25) is 0 Å². The van der Waals surface area contributed by atoms with Gasteiger partial charge in [0.05, 0.1) is 6.04 Å². The van der Waals surface area contributed by atoms with Gasteiger partial charge in [-0.1, -0.05) is 42.5 Å². The number of H-pyrrole nitrogens is 1. The lowest BCUT2D eigenvalue weighted by Crippen LogP contribution is -2.39. The van der Waals surface area contributed by atoms with Crippen molar-refractivity contribution in [1.82, 2.24) is 30.4 Å². The second-order valence-corrected chi connectivity index (χ2v) is 8.15. The van der Waals surface area contributed by atoms with Crippen LogP contribution in [-0.2, 0) is 20.0 Å². The number of hydrogen-bond donors (Lipinski definition) is 3. The molecule has 1 atom stereocenters. The zero-order chi connectivity index (χ0) is 22.5. The number of guanidine groups is 1. The SMILES string of the molecule is Cc1cccc2[nH]cc(CCNC(=NCc3nnc(C)n3C)NC(C)c3ccccc3)c12.I. The van der Waals surface area contributed by atoms with Gasteiger partial charge in [0.1, 0.15) is 12.4 Å². The number of nitrogens with one attached hydrogen (secondary N) is 3. The molecule has 3 N–H and O–H groups in total. The van der Waals surface area contributed by atoms with Gasteiger partial charge in [0.25, 0.3) is 0 Å². The van der Waals surface area contributed by atoms with Crippen LogP contribution in [0.4, 0.5) is 0 Å². The molecule has 0 saturated carbocycles. The Labute approximate surface area is 212 Å². The first-order valence-corrected chi connectivity index (χ1v) is 11.0. The van der Waals surface area contributed by atoms with Crippen LogP contribution in [0.25, 0.3) is 10.9 Å². The number of benzene rings is 2. The van der Waals surface area contributed by atoms with Crippen LogP contribution in [-0.4, -0.2) is 32.3 Å². The molecule has 4 aromatic rings. The van der Waals surface area contributed by atoms with Gasteiger partial charge >= 0.3 is 0 Å². The van der Waals surface area contributed by atoms with Crippen LogP contribution in [0.2, 0.25) is 0 Å². The van der Waals surface area contributed by atoms with Gasteiger partial charge in [-0.15, -0.1) is 34.2 Å². The molecule has 0 fully saturated rings. The number of fused-ring (bicyclic) bond motifs is 1. The molecule has 2 heterocycles. The molecule has 0 saturated heterocycles.